The van der Waals surface area contributed by atoms with Crippen LogP contribution in [0.25, 0.3) is 0 Å². The van der Waals surface area contributed by atoms with Crippen LogP contribution in [0.4, 0.5) is 0 Å². The SMILES string of the molecule is COc1ccc(C(=O)N(C)Cc2ccccc2)cc1COc1ccccc1C(C)C. The second-order valence-corrected chi connectivity index (χ2v) is 7.65. The molecular weight excluding hydrogens is 374 g/mol. The van der Waals surface area contributed by atoms with Crippen LogP contribution in [0.3, 0.4) is 0 Å². The topological polar surface area (TPSA) is 38.8 Å². The monoisotopic (exact) mass is 403 g/mol. The first kappa shape index (κ1) is 21.4. The van der Waals surface area contributed by atoms with Gasteiger partial charge in [-0.1, -0.05) is 62.4 Å². The second kappa shape index (κ2) is 9.97. The van der Waals surface area contributed by atoms with Crippen molar-refractivity contribution in [2.75, 3.05) is 14.2 Å². The van der Waals surface area contributed by atoms with Crippen LogP contribution in [-0.2, 0) is 13.2 Å². The van der Waals surface area contributed by atoms with E-state index in [-0.39, 0.29) is 5.91 Å². The Bertz CT molecular complexity index is 983. The number of amides is 1. The van der Waals surface area contributed by atoms with Crippen LogP contribution in [-0.4, -0.2) is 25.0 Å². The fourth-order valence-corrected chi connectivity index (χ4v) is 3.42. The van der Waals surface area contributed by atoms with Gasteiger partial charge < -0.3 is 14.4 Å². The summed E-state index contributed by atoms with van der Waals surface area (Å²) >= 11 is 0. The number of carbonyl (C=O) groups excluding carboxylic acids is 1. The minimum atomic E-state index is -0.0367. The third kappa shape index (κ3) is 5.20. The van der Waals surface area contributed by atoms with E-state index in [1.165, 1.54) is 0 Å². The summed E-state index contributed by atoms with van der Waals surface area (Å²) in [6, 6.07) is 23.5. The zero-order chi connectivity index (χ0) is 21.5. The summed E-state index contributed by atoms with van der Waals surface area (Å²) in [6.45, 7) is 5.17. The Morgan fingerprint density at radius 1 is 0.933 bits per heavy atom. The summed E-state index contributed by atoms with van der Waals surface area (Å²) in [5.74, 6) is 1.89. The smallest absolute Gasteiger partial charge is 0.253 e. The number of ether oxygens (including phenoxy) is 2. The zero-order valence-corrected chi connectivity index (χ0v) is 18.1. The van der Waals surface area contributed by atoms with E-state index in [1.807, 2.05) is 67.7 Å². The summed E-state index contributed by atoms with van der Waals surface area (Å²) in [7, 11) is 3.44. The number of methoxy groups -OCH3 is 1. The van der Waals surface area contributed by atoms with Crippen LogP contribution in [0, 0.1) is 0 Å². The molecule has 0 unspecified atom stereocenters. The Morgan fingerprint density at radius 2 is 1.63 bits per heavy atom. The van der Waals surface area contributed by atoms with E-state index in [4.69, 9.17) is 9.47 Å². The average Bonchev–Trinajstić information content (AvgIpc) is 2.77. The summed E-state index contributed by atoms with van der Waals surface area (Å²) in [5, 5.41) is 0. The van der Waals surface area contributed by atoms with Crippen molar-refractivity contribution >= 4 is 5.91 Å². The Labute approximate surface area is 179 Å². The standard InChI is InChI=1S/C26H29NO3/c1-19(2)23-12-8-9-13-25(23)30-18-22-16-21(14-15-24(22)29-4)26(28)27(3)17-20-10-6-5-7-11-20/h5-16,19H,17-18H2,1-4H3. The highest BCUT2D eigenvalue weighted by molar-refractivity contribution is 5.94. The first-order valence-electron chi connectivity index (χ1n) is 10.2. The van der Waals surface area contributed by atoms with Crippen LogP contribution < -0.4 is 9.47 Å². The lowest BCUT2D eigenvalue weighted by Crippen LogP contribution is -2.26. The van der Waals surface area contributed by atoms with Crippen molar-refractivity contribution < 1.29 is 14.3 Å². The van der Waals surface area contributed by atoms with Crippen molar-refractivity contribution in [3.05, 3.63) is 95.1 Å². The molecular formula is C26H29NO3. The molecule has 4 nitrogen and oxygen atoms in total. The predicted molar refractivity (Wildman–Crippen MR) is 120 cm³/mol. The van der Waals surface area contributed by atoms with Crippen LogP contribution in [0.1, 0.15) is 46.8 Å². The number of hydrogen-bond donors (Lipinski definition) is 0. The summed E-state index contributed by atoms with van der Waals surface area (Å²) in [5.41, 5.74) is 3.71. The van der Waals surface area contributed by atoms with Crippen LogP contribution in [0.2, 0.25) is 0 Å². The number of carbonyl (C=O) groups is 1. The van der Waals surface area contributed by atoms with Crippen LogP contribution in [0.5, 0.6) is 11.5 Å². The van der Waals surface area contributed by atoms with Crippen molar-refractivity contribution in [2.45, 2.75) is 32.9 Å². The van der Waals surface area contributed by atoms with Gasteiger partial charge in [-0.05, 0) is 41.3 Å². The molecule has 0 spiro atoms. The second-order valence-electron chi connectivity index (χ2n) is 7.65. The van der Waals surface area contributed by atoms with Gasteiger partial charge in [0.25, 0.3) is 5.91 Å². The lowest BCUT2D eigenvalue weighted by Gasteiger charge is -2.19. The van der Waals surface area contributed by atoms with Crippen molar-refractivity contribution in [3.8, 4) is 11.5 Å². The zero-order valence-electron chi connectivity index (χ0n) is 18.1. The third-order valence-electron chi connectivity index (χ3n) is 5.06. The van der Waals surface area contributed by atoms with Gasteiger partial charge in [-0.3, -0.25) is 4.79 Å². The third-order valence-corrected chi connectivity index (χ3v) is 5.06. The van der Waals surface area contributed by atoms with Crippen molar-refractivity contribution in [3.63, 3.8) is 0 Å². The van der Waals surface area contributed by atoms with Gasteiger partial charge in [0.1, 0.15) is 18.1 Å². The van der Waals surface area contributed by atoms with E-state index < -0.39 is 0 Å². The van der Waals surface area contributed by atoms with E-state index in [0.717, 1.165) is 22.4 Å². The molecule has 156 valence electrons. The van der Waals surface area contributed by atoms with Gasteiger partial charge in [-0.15, -0.1) is 0 Å². The molecule has 0 atom stereocenters. The number of hydrogen-bond acceptors (Lipinski definition) is 3. The van der Waals surface area contributed by atoms with E-state index >= 15 is 0 Å². The molecule has 0 aromatic heterocycles. The molecule has 30 heavy (non-hydrogen) atoms. The van der Waals surface area contributed by atoms with E-state index in [9.17, 15) is 4.79 Å². The molecule has 0 saturated carbocycles. The predicted octanol–water partition coefficient (Wildman–Crippen LogP) is 5.67. The number of nitrogens with zero attached hydrogens (tertiary/aromatic N) is 1. The molecule has 0 fully saturated rings. The highest BCUT2D eigenvalue weighted by Gasteiger charge is 2.16. The van der Waals surface area contributed by atoms with Gasteiger partial charge in [-0.2, -0.15) is 0 Å². The highest BCUT2D eigenvalue weighted by atomic mass is 16.5. The molecule has 0 bridgehead atoms. The molecule has 0 aliphatic rings. The first-order chi connectivity index (χ1) is 14.5. The van der Waals surface area contributed by atoms with Crippen molar-refractivity contribution in [2.24, 2.45) is 0 Å². The number of rotatable bonds is 8. The van der Waals surface area contributed by atoms with Crippen LogP contribution in [0.15, 0.2) is 72.8 Å². The maximum Gasteiger partial charge on any atom is 0.253 e. The molecule has 0 aliphatic heterocycles. The van der Waals surface area contributed by atoms with Crippen LogP contribution >= 0.6 is 0 Å². The molecule has 3 rings (SSSR count). The Balaban J connectivity index is 1.77. The van der Waals surface area contributed by atoms with Gasteiger partial charge in [0.05, 0.1) is 7.11 Å². The maximum atomic E-state index is 13.0. The minimum absolute atomic E-state index is 0.0367. The van der Waals surface area contributed by atoms with E-state index in [0.29, 0.717) is 30.4 Å². The molecule has 0 heterocycles. The highest BCUT2D eigenvalue weighted by Crippen LogP contribution is 2.28. The van der Waals surface area contributed by atoms with E-state index in [1.54, 1.807) is 18.1 Å². The quantitative estimate of drug-likeness (QED) is 0.486. The van der Waals surface area contributed by atoms with Gasteiger partial charge in [-0.25, -0.2) is 0 Å². The van der Waals surface area contributed by atoms with E-state index in [2.05, 4.69) is 19.9 Å². The van der Waals surface area contributed by atoms with Crippen molar-refractivity contribution in [1.29, 1.82) is 0 Å². The number of benzene rings is 3. The fraction of sp³-hybridized carbons (Fsp3) is 0.269. The number of para-hydroxylation sites is 1. The fourth-order valence-electron chi connectivity index (χ4n) is 3.42. The lowest BCUT2D eigenvalue weighted by molar-refractivity contribution is 0.0785. The van der Waals surface area contributed by atoms with Gasteiger partial charge in [0.2, 0.25) is 0 Å². The normalized spacial score (nSPS) is 10.7. The Kier molecular flexibility index (Phi) is 7.12. The molecule has 3 aromatic rings. The molecule has 0 aliphatic carbocycles. The molecule has 0 radical (unpaired) electrons. The molecule has 4 heteroatoms. The molecule has 3 aromatic carbocycles. The summed E-state index contributed by atoms with van der Waals surface area (Å²) in [6.07, 6.45) is 0. The summed E-state index contributed by atoms with van der Waals surface area (Å²) in [4.78, 5) is 14.7. The first-order valence-corrected chi connectivity index (χ1v) is 10.2. The maximum absolute atomic E-state index is 13.0. The molecule has 0 saturated heterocycles. The van der Waals surface area contributed by atoms with Gasteiger partial charge in [0, 0.05) is 24.7 Å². The molecule has 1 amide bonds. The minimum Gasteiger partial charge on any atom is -0.496 e. The van der Waals surface area contributed by atoms with Gasteiger partial charge in [0.15, 0.2) is 0 Å². The van der Waals surface area contributed by atoms with Gasteiger partial charge >= 0.3 is 0 Å². The van der Waals surface area contributed by atoms with Crippen molar-refractivity contribution in [1.82, 2.24) is 4.90 Å². The lowest BCUT2D eigenvalue weighted by atomic mass is 10.0. The summed E-state index contributed by atoms with van der Waals surface area (Å²) < 4.78 is 11.6. The Morgan fingerprint density at radius 3 is 2.33 bits per heavy atom. The Hall–Kier alpha value is -3.27. The largest absolute Gasteiger partial charge is 0.496 e. The molecule has 0 N–H and O–H groups in total. The average molecular weight is 404 g/mol.